The van der Waals surface area contributed by atoms with Gasteiger partial charge in [0.2, 0.25) is 10.0 Å². The number of sulfonamides is 1. The normalized spacial score (nSPS) is 20.1. The molecule has 0 unspecified atom stereocenters. The second-order valence-corrected chi connectivity index (χ2v) is 17.2. The third-order valence-electron chi connectivity index (χ3n) is 6.52. The predicted octanol–water partition coefficient (Wildman–Crippen LogP) is 3.94. The fourth-order valence-corrected chi connectivity index (χ4v) is 7.33. The number of hydrogen-bond donors (Lipinski definition) is 2. The maximum atomic E-state index is 13.7. The van der Waals surface area contributed by atoms with Crippen molar-refractivity contribution in [3.05, 3.63) is 46.2 Å². The molecule has 3 rings (SSSR count). The number of benzene rings is 1. The predicted molar refractivity (Wildman–Crippen MR) is 130 cm³/mol. The molecular formula is C22H32N2O6S2Si. The van der Waals surface area contributed by atoms with Crippen molar-refractivity contribution >= 4 is 35.6 Å². The Morgan fingerprint density at radius 3 is 2.39 bits per heavy atom. The van der Waals surface area contributed by atoms with Gasteiger partial charge in [-0.15, -0.1) is 11.3 Å². The number of ether oxygens (including phenoxy) is 1. The number of nitrogens with one attached hydrogen (secondary N) is 1. The average molecular weight is 513 g/mol. The molecule has 2 atom stereocenters. The number of amides is 1. The molecule has 2 aromatic rings. The van der Waals surface area contributed by atoms with Gasteiger partial charge in [0, 0.05) is 11.4 Å². The van der Waals surface area contributed by atoms with Gasteiger partial charge in [-0.1, -0.05) is 20.8 Å². The van der Waals surface area contributed by atoms with E-state index in [1.54, 1.807) is 17.6 Å². The second-order valence-electron chi connectivity index (χ2n) is 9.56. The molecule has 0 spiro atoms. The standard InChI is InChI=1S/C22H32N2O6S2Si/c1-22(2,3)33(5,6)30-20-17-12-14-31-18(17)11-13-24(19(20)21(25)23-26)32(27,28)16-9-7-15(29-4)8-10-16/h7-10,12,14,19-20,26H,11,13H2,1-6H3,(H,23,25)/t19-,20+/m0/s1. The zero-order valence-electron chi connectivity index (χ0n) is 19.8. The van der Waals surface area contributed by atoms with E-state index in [1.165, 1.54) is 30.6 Å². The minimum Gasteiger partial charge on any atom is -0.497 e. The Labute approximate surface area is 200 Å². The molecule has 1 aromatic heterocycles. The Bertz CT molecular complexity index is 1090. The van der Waals surface area contributed by atoms with E-state index in [9.17, 15) is 18.4 Å². The van der Waals surface area contributed by atoms with Gasteiger partial charge in [-0.3, -0.25) is 10.0 Å². The first-order valence-electron chi connectivity index (χ1n) is 10.7. The molecule has 33 heavy (non-hydrogen) atoms. The van der Waals surface area contributed by atoms with Crippen LogP contribution in [-0.2, 0) is 25.7 Å². The van der Waals surface area contributed by atoms with Crippen LogP contribution >= 0.6 is 11.3 Å². The van der Waals surface area contributed by atoms with Crippen LogP contribution in [0.5, 0.6) is 5.75 Å². The number of methoxy groups -OCH3 is 1. The summed E-state index contributed by atoms with van der Waals surface area (Å²) < 4.78 is 40.5. The average Bonchev–Trinajstić information content (AvgIpc) is 3.16. The van der Waals surface area contributed by atoms with Gasteiger partial charge in [0.1, 0.15) is 11.8 Å². The molecule has 2 N–H and O–H groups in total. The van der Waals surface area contributed by atoms with E-state index in [0.717, 1.165) is 14.7 Å². The van der Waals surface area contributed by atoms with Crippen LogP contribution in [0.3, 0.4) is 0 Å². The molecule has 1 aliphatic heterocycles. The summed E-state index contributed by atoms with van der Waals surface area (Å²) in [6.45, 7) is 10.4. The molecule has 182 valence electrons. The van der Waals surface area contributed by atoms with Crippen LogP contribution in [0.15, 0.2) is 40.6 Å². The lowest BCUT2D eigenvalue weighted by Gasteiger charge is -2.42. The number of hydroxylamine groups is 1. The number of carbonyl (C=O) groups is 1. The van der Waals surface area contributed by atoms with Crippen molar-refractivity contribution in [3.8, 4) is 5.75 Å². The summed E-state index contributed by atoms with van der Waals surface area (Å²) in [7, 11) is -5.02. The molecular weight excluding hydrogens is 480 g/mol. The minimum atomic E-state index is -4.09. The summed E-state index contributed by atoms with van der Waals surface area (Å²) in [5.74, 6) is -0.300. The quantitative estimate of drug-likeness (QED) is 0.345. The molecule has 0 radical (unpaired) electrons. The van der Waals surface area contributed by atoms with Crippen LogP contribution in [0.1, 0.15) is 37.3 Å². The third-order valence-corrected chi connectivity index (χ3v) is 13.9. The highest BCUT2D eigenvalue weighted by molar-refractivity contribution is 7.89. The number of nitrogens with zero attached hydrogens (tertiary/aromatic N) is 1. The number of thiophene rings is 1. The second kappa shape index (κ2) is 9.47. The van der Waals surface area contributed by atoms with Gasteiger partial charge in [-0.25, -0.2) is 13.9 Å². The smallest absolute Gasteiger partial charge is 0.264 e. The van der Waals surface area contributed by atoms with E-state index in [0.29, 0.717) is 12.2 Å². The van der Waals surface area contributed by atoms with Crippen molar-refractivity contribution in [2.24, 2.45) is 0 Å². The lowest BCUT2D eigenvalue weighted by molar-refractivity contribution is -0.136. The molecule has 0 bridgehead atoms. The largest absolute Gasteiger partial charge is 0.497 e. The van der Waals surface area contributed by atoms with Gasteiger partial charge in [-0.05, 0) is 65.8 Å². The number of carbonyl (C=O) groups excluding carboxylic acids is 1. The van der Waals surface area contributed by atoms with Gasteiger partial charge in [0.05, 0.1) is 18.1 Å². The third kappa shape index (κ3) is 5.03. The first kappa shape index (κ1) is 25.9. The van der Waals surface area contributed by atoms with Crippen LogP contribution in [0.4, 0.5) is 0 Å². The molecule has 0 saturated carbocycles. The molecule has 2 heterocycles. The van der Waals surface area contributed by atoms with Crippen LogP contribution in [0.25, 0.3) is 0 Å². The van der Waals surface area contributed by atoms with Gasteiger partial charge < -0.3 is 9.16 Å². The first-order chi connectivity index (χ1) is 15.3. The Kier molecular flexibility index (Phi) is 7.42. The van der Waals surface area contributed by atoms with Crippen molar-refractivity contribution in [2.75, 3.05) is 13.7 Å². The summed E-state index contributed by atoms with van der Waals surface area (Å²) in [6, 6.07) is 6.64. The number of rotatable bonds is 6. The van der Waals surface area contributed by atoms with Crippen LogP contribution in [-0.4, -0.2) is 51.9 Å². The summed E-state index contributed by atoms with van der Waals surface area (Å²) in [6.07, 6.45) is -0.413. The van der Waals surface area contributed by atoms with Gasteiger partial charge in [0.25, 0.3) is 5.91 Å². The van der Waals surface area contributed by atoms with Gasteiger partial charge in [-0.2, -0.15) is 4.31 Å². The first-order valence-corrected chi connectivity index (χ1v) is 15.9. The van der Waals surface area contributed by atoms with E-state index in [2.05, 4.69) is 33.9 Å². The molecule has 0 saturated heterocycles. The van der Waals surface area contributed by atoms with Crippen LogP contribution in [0.2, 0.25) is 18.1 Å². The van der Waals surface area contributed by atoms with Crippen molar-refractivity contribution in [3.63, 3.8) is 0 Å². The molecule has 1 aromatic carbocycles. The van der Waals surface area contributed by atoms with Crippen LogP contribution < -0.4 is 10.2 Å². The van der Waals surface area contributed by atoms with Crippen molar-refractivity contribution in [1.29, 1.82) is 0 Å². The fourth-order valence-electron chi connectivity index (χ4n) is 3.59. The molecule has 1 aliphatic rings. The maximum absolute atomic E-state index is 13.7. The summed E-state index contributed by atoms with van der Waals surface area (Å²) >= 11 is 1.51. The van der Waals surface area contributed by atoms with E-state index in [-0.39, 0.29) is 16.5 Å². The van der Waals surface area contributed by atoms with Gasteiger partial charge in [0.15, 0.2) is 8.32 Å². The summed E-state index contributed by atoms with van der Waals surface area (Å²) in [5.41, 5.74) is 2.48. The lowest BCUT2D eigenvalue weighted by atomic mass is 10.0. The molecule has 11 heteroatoms. The Hall–Kier alpha value is -1.76. The molecule has 0 fully saturated rings. The highest BCUT2D eigenvalue weighted by atomic mass is 32.2. The molecule has 8 nitrogen and oxygen atoms in total. The lowest BCUT2D eigenvalue weighted by Crippen LogP contribution is -2.54. The number of hydrogen-bond acceptors (Lipinski definition) is 7. The fraction of sp³-hybridized carbons (Fsp3) is 0.500. The summed E-state index contributed by atoms with van der Waals surface area (Å²) in [4.78, 5) is 14.0. The van der Waals surface area contributed by atoms with Gasteiger partial charge >= 0.3 is 0 Å². The van der Waals surface area contributed by atoms with E-state index >= 15 is 0 Å². The van der Waals surface area contributed by atoms with Crippen molar-refractivity contribution in [2.45, 2.75) is 62.4 Å². The Morgan fingerprint density at radius 1 is 1.21 bits per heavy atom. The highest BCUT2D eigenvalue weighted by Gasteiger charge is 2.49. The van der Waals surface area contributed by atoms with E-state index in [1.807, 2.05) is 11.4 Å². The van der Waals surface area contributed by atoms with Crippen molar-refractivity contribution in [1.82, 2.24) is 9.79 Å². The topological polar surface area (TPSA) is 105 Å². The minimum absolute atomic E-state index is 0.0374. The zero-order chi connectivity index (χ0) is 24.6. The van der Waals surface area contributed by atoms with E-state index < -0.39 is 36.4 Å². The monoisotopic (exact) mass is 512 g/mol. The summed E-state index contributed by atoms with van der Waals surface area (Å²) in [5, 5.41) is 11.4. The Balaban J connectivity index is 2.14. The van der Waals surface area contributed by atoms with Crippen LogP contribution in [0, 0.1) is 0 Å². The zero-order valence-corrected chi connectivity index (χ0v) is 22.4. The van der Waals surface area contributed by atoms with Crippen molar-refractivity contribution < 1.29 is 27.6 Å². The maximum Gasteiger partial charge on any atom is 0.264 e. The van der Waals surface area contributed by atoms with E-state index in [4.69, 9.17) is 9.16 Å². The molecule has 0 aliphatic carbocycles. The highest BCUT2D eigenvalue weighted by Crippen LogP contribution is 2.44. The SMILES string of the molecule is COc1ccc(S(=O)(=O)N2CCc3sccc3[C@@H](O[Si](C)(C)C(C)(C)C)[C@H]2C(=O)NO)cc1. The molecule has 1 amide bonds. The number of fused-ring (bicyclic) bond motifs is 1. The Morgan fingerprint density at radius 2 is 1.85 bits per heavy atom.